The van der Waals surface area contributed by atoms with Crippen molar-refractivity contribution in [3.63, 3.8) is 0 Å². The fourth-order valence-electron chi connectivity index (χ4n) is 1.67. The van der Waals surface area contributed by atoms with Gasteiger partial charge < -0.3 is 15.2 Å². The van der Waals surface area contributed by atoms with Crippen LogP contribution in [0.15, 0.2) is 29.6 Å². The normalized spacial score (nSPS) is 11.2. The Morgan fingerprint density at radius 1 is 1.38 bits per heavy atom. The van der Waals surface area contributed by atoms with E-state index in [1.807, 2.05) is 32.2 Å². The van der Waals surface area contributed by atoms with E-state index in [9.17, 15) is 9.90 Å². The highest BCUT2D eigenvalue weighted by Gasteiger charge is 2.16. The van der Waals surface area contributed by atoms with Crippen molar-refractivity contribution in [3.8, 4) is 17.0 Å². The van der Waals surface area contributed by atoms with Crippen LogP contribution in [0.3, 0.4) is 0 Å². The van der Waals surface area contributed by atoms with E-state index < -0.39 is 11.7 Å². The molecule has 2 N–H and O–H groups in total. The van der Waals surface area contributed by atoms with E-state index in [2.05, 4.69) is 10.3 Å². The fourth-order valence-corrected chi connectivity index (χ4v) is 2.40. The average Bonchev–Trinajstić information content (AvgIpc) is 2.83. The Hall–Kier alpha value is -2.08. The molecule has 112 valence electrons. The number of thiazole rings is 1. The second-order valence-corrected chi connectivity index (χ2v) is 6.44. The lowest BCUT2D eigenvalue weighted by molar-refractivity contribution is 0.0523. The lowest BCUT2D eigenvalue weighted by atomic mass is 10.1. The van der Waals surface area contributed by atoms with Crippen molar-refractivity contribution in [1.82, 2.24) is 10.3 Å². The van der Waals surface area contributed by atoms with Gasteiger partial charge in [-0.2, -0.15) is 0 Å². The van der Waals surface area contributed by atoms with E-state index in [-0.39, 0.29) is 5.75 Å². The summed E-state index contributed by atoms with van der Waals surface area (Å²) in [5, 5.41) is 15.1. The van der Waals surface area contributed by atoms with Crippen molar-refractivity contribution < 1.29 is 14.6 Å². The van der Waals surface area contributed by atoms with Gasteiger partial charge in [-0.1, -0.05) is 12.1 Å². The van der Waals surface area contributed by atoms with Crippen LogP contribution in [0.25, 0.3) is 11.3 Å². The molecule has 0 bridgehead atoms. The molecule has 0 saturated heterocycles. The van der Waals surface area contributed by atoms with Crippen LogP contribution in [-0.4, -0.2) is 21.8 Å². The Morgan fingerprint density at radius 2 is 2.10 bits per heavy atom. The molecule has 0 aliphatic heterocycles. The summed E-state index contributed by atoms with van der Waals surface area (Å²) in [6.07, 6.45) is -0.471. The summed E-state index contributed by atoms with van der Waals surface area (Å²) in [6, 6.07) is 7.02. The summed E-state index contributed by atoms with van der Waals surface area (Å²) in [5.74, 6) is 0.189. The summed E-state index contributed by atoms with van der Waals surface area (Å²) in [6.45, 7) is 5.73. The van der Waals surface area contributed by atoms with E-state index in [0.29, 0.717) is 17.8 Å². The first-order chi connectivity index (χ1) is 9.85. The highest BCUT2D eigenvalue weighted by atomic mass is 32.1. The van der Waals surface area contributed by atoms with Crippen LogP contribution in [0.5, 0.6) is 5.75 Å². The molecule has 0 aliphatic carbocycles. The maximum atomic E-state index is 11.6. The van der Waals surface area contributed by atoms with Crippen LogP contribution in [0.1, 0.15) is 25.8 Å². The maximum Gasteiger partial charge on any atom is 0.408 e. The molecule has 6 heteroatoms. The van der Waals surface area contributed by atoms with Crippen LogP contribution < -0.4 is 5.32 Å². The summed E-state index contributed by atoms with van der Waals surface area (Å²) in [5.41, 5.74) is 0.852. The van der Waals surface area contributed by atoms with Gasteiger partial charge in [-0.25, -0.2) is 9.78 Å². The number of nitrogens with zero attached hydrogens (tertiary/aromatic N) is 1. The molecule has 21 heavy (non-hydrogen) atoms. The molecule has 1 amide bonds. The summed E-state index contributed by atoms with van der Waals surface area (Å²) in [7, 11) is 0. The van der Waals surface area contributed by atoms with E-state index in [0.717, 1.165) is 5.01 Å². The highest BCUT2D eigenvalue weighted by Crippen LogP contribution is 2.29. The minimum atomic E-state index is -0.520. The molecule has 0 atom stereocenters. The number of rotatable bonds is 3. The quantitative estimate of drug-likeness (QED) is 0.910. The molecule has 2 rings (SSSR count). The Bertz CT molecular complexity index is 632. The largest absolute Gasteiger partial charge is 0.507 e. The number of hydrogen-bond acceptors (Lipinski definition) is 5. The van der Waals surface area contributed by atoms with Gasteiger partial charge in [0.15, 0.2) is 0 Å². The maximum absolute atomic E-state index is 11.6. The topological polar surface area (TPSA) is 71.5 Å². The Morgan fingerprint density at radius 3 is 2.76 bits per heavy atom. The van der Waals surface area contributed by atoms with Crippen LogP contribution in [-0.2, 0) is 11.3 Å². The third kappa shape index (κ3) is 4.46. The molecule has 5 nitrogen and oxygen atoms in total. The SMILES string of the molecule is CC(C)(C)OC(=O)NCc1nc(-c2ccccc2O)cs1. The van der Waals surface area contributed by atoms with Crippen LogP contribution in [0.2, 0.25) is 0 Å². The highest BCUT2D eigenvalue weighted by molar-refractivity contribution is 7.09. The summed E-state index contributed by atoms with van der Waals surface area (Å²) < 4.78 is 5.16. The number of carbonyl (C=O) groups excluding carboxylic acids is 1. The predicted octanol–water partition coefficient (Wildman–Crippen LogP) is 3.54. The number of carbonyl (C=O) groups is 1. The second-order valence-electron chi connectivity index (χ2n) is 5.50. The zero-order valence-electron chi connectivity index (χ0n) is 12.2. The Balaban J connectivity index is 1.98. The van der Waals surface area contributed by atoms with Crippen molar-refractivity contribution in [2.75, 3.05) is 0 Å². The van der Waals surface area contributed by atoms with Crippen LogP contribution >= 0.6 is 11.3 Å². The number of para-hydroxylation sites is 1. The third-order valence-electron chi connectivity index (χ3n) is 2.51. The lowest BCUT2D eigenvalue weighted by Gasteiger charge is -2.19. The Kier molecular flexibility index (Phi) is 4.47. The number of ether oxygens (including phenoxy) is 1. The zero-order valence-corrected chi connectivity index (χ0v) is 13.0. The van der Waals surface area contributed by atoms with Crippen molar-refractivity contribution in [1.29, 1.82) is 0 Å². The van der Waals surface area contributed by atoms with Crippen molar-refractivity contribution >= 4 is 17.4 Å². The van der Waals surface area contributed by atoms with Gasteiger partial charge in [-0.3, -0.25) is 0 Å². The second kappa shape index (κ2) is 6.13. The number of benzene rings is 1. The van der Waals surface area contributed by atoms with Gasteiger partial charge in [-0.15, -0.1) is 11.3 Å². The molecule has 0 spiro atoms. The van der Waals surface area contributed by atoms with Crippen LogP contribution in [0, 0.1) is 0 Å². The lowest BCUT2D eigenvalue weighted by Crippen LogP contribution is -2.32. The molecule has 0 saturated carbocycles. The van der Waals surface area contributed by atoms with E-state index in [4.69, 9.17) is 4.74 Å². The number of hydrogen-bond donors (Lipinski definition) is 2. The number of phenols is 1. The number of aromatic nitrogens is 1. The van der Waals surface area contributed by atoms with Gasteiger partial charge in [0.1, 0.15) is 16.4 Å². The van der Waals surface area contributed by atoms with Gasteiger partial charge in [0.05, 0.1) is 12.2 Å². The number of alkyl carbamates (subject to hydrolysis) is 1. The summed E-state index contributed by atoms with van der Waals surface area (Å²) >= 11 is 1.42. The number of amides is 1. The Labute approximate surface area is 127 Å². The molecule has 0 unspecified atom stereocenters. The van der Waals surface area contributed by atoms with Crippen molar-refractivity contribution in [2.24, 2.45) is 0 Å². The standard InChI is InChI=1S/C15H18N2O3S/c1-15(2,3)20-14(19)16-8-13-17-11(9-21-13)10-6-4-5-7-12(10)18/h4-7,9,18H,8H2,1-3H3,(H,16,19). The molecule has 1 aromatic heterocycles. The number of aromatic hydroxyl groups is 1. The van der Waals surface area contributed by atoms with Gasteiger partial charge in [0.25, 0.3) is 0 Å². The first-order valence-electron chi connectivity index (χ1n) is 6.55. The average molecular weight is 306 g/mol. The van der Waals surface area contributed by atoms with Crippen LogP contribution in [0.4, 0.5) is 4.79 Å². The molecule has 0 aliphatic rings. The first-order valence-corrected chi connectivity index (χ1v) is 7.43. The van der Waals surface area contributed by atoms with Crippen molar-refractivity contribution in [2.45, 2.75) is 32.9 Å². The minimum absolute atomic E-state index is 0.189. The van der Waals surface area contributed by atoms with Gasteiger partial charge in [0.2, 0.25) is 0 Å². The molecule has 2 aromatic rings. The van der Waals surface area contributed by atoms with Crippen molar-refractivity contribution in [3.05, 3.63) is 34.7 Å². The molecule has 1 aromatic carbocycles. The molecule has 0 fully saturated rings. The van der Waals surface area contributed by atoms with E-state index >= 15 is 0 Å². The smallest absolute Gasteiger partial charge is 0.408 e. The molecule has 1 heterocycles. The fraction of sp³-hybridized carbons (Fsp3) is 0.333. The minimum Gasteiger partial charge on any atom is -0.507 e. The van der Waals surface area contributed by atoms with E-state index in [1.165, 1.54) is 11.3 Å². The van der Waals surface area contributed by atoms with E-state index in [1.54, 1.807) is 18.2 Å². The molecular weight excluding hydrogens is 288 g/mol. The third-order valence-corrected chi connectivity index (χ3v) is 3.36. The van der Waals surface area contributed by atoms with Gasteiger partial charge >= 0.3 is 6.09 Å². The number of nitrogens with one attached hydrogen (secondary N) is 1. The predicted molar refractivity (Wildman–Crippen MR) is 82.3 cm³/mol. The van der Waals surface area contributed by atoms with Gasteiger partial charge in [0, 0.05) is 10.9 Å². The summed E-state index contributed by atoms with van der Waals surface area (Å²) in [4.78, 5) is 16.0. The van der Waals surface area contributed by atoms with Gasteiger partial charge in [-0.05, 0) is 32.9 Å². The molecule has 0 radical (unpaired) electrons. The zero-order chi connectivity index (χ0) is 15.5. The monoisotopic (exact) mass is 306 g/mol. The molecular formula is C15H18N2O3S. The first kappa shape index (κ1) is 15.3. The number of phenolic OH excluding ortho intramolecular Hbond substituents is 1.